The van der Waals surface area contributed by atoms with Crippen LogP contribution in [0, 0.1) is 29.4 Å². The van der Waals surface area contributed by atoms with E-state index >= 15 is 8.78 Å². The number of halogens is 11. The number of carbonyl (C=O) groups excluding carboxylic acids is 2. The highest BCUT2D eigenvalue weighted by Gasteiger charge is 2.68. The lowest BCUT2D eigenvalue weighted by Crippen LogP contribution is -2.35. The number of thiol groups is 1. The molecular weight excluding hydrogens is 1140 g/mol. The minimum absolute atomic E-state index is 0.0809. The van der Waals surface area contributed by atoms with E-state index in [9.17, 15) is 66.1 Å². The number of carbonyl (C=O) groups is 2. The van der Waals surface area contributed by atoms with E-state index in [1.165, 1.54) is 32.0 Å². The second kappa shape index (κ2) is 20.6. The normalized spacial score (nSPS) is 16.6. The zero-order valence-electron chi connectivity index (χ0n) is 40.1. The number of rotatable bonds is 16. The average Bonchev–Trinajstić information content (AvgIpc) is 3.46. The molecule has 3 atom stereocenters. The van der Waals surface area contributed by atoms with Crippen molar-refractivity contribution in [3.8, 4) is 28.7 Å². The van der Waals surface area contributed by atoms with Crippen LogP contribution in [-0.2, 0) is 79.5 Å². The maximum Gasteiger partial charge on any atom is 0.524 e. The Morgan fingerprint density at radius 1 is 0.962 bits per heavy atom. The van der Waals surface area contributed by atoms with Gasteiger partial charge in [-0.3, -0.25) is 28.7 Å². The largest absolute Gasteiger partial charge is 0.524 e. The lowest BCUT2D eigenvalue weighted by molar-refractivity contribution is -0.143. The number of benzene rings is 3. The summed E-state index contributed by atoms with van der Waals surface area (Å²) in [5.41, 5.74) is -6.18. The highest BCUT2D eigenvalue weighted by molar-refractivity contribution is 7.92. The molecule has 0 radical (unpaired) electrons. The van der Waals surface area contributed by atoms with Gasteiger partial charge < -0.3 is 9.84 Å². The number of hydrogen-bond acceptors (Lipinski definition) is 11. The monoisotopic (exact) mass is 1180 g/mol. The molecule has 0 aliphatic heterocycles. The number of phosphoric ester groups is 1. The number of nitrogens with one attached hydrogen (secondary N) is 1. The van der Waals surface area contributed by atoms with Gasteiger partial charge in [0, 0.05) is 40.3 Å². The van der Waals surface area contributed by atoms with Gasteiger partial charge >= 0.3 is 20.2 Å². The van der Waals surface area contributed by atoms with Crippen LogP contribution in [0.25, 0.3) is 22.0 Å². The van der Waals surface area contributed by atoms with Crippen molar-refractivity contribution in [2.75, 3.05) is 6.26 Å². The average molecular weight is 1180 g/mol. The van der Waals surface area contributed by atoms with E-state index in [4.69, 9.17) is 21.4 Å². The maximum absolute atomic E-state index is 15.6. The Kier molecular flexibility index (Phi) is 15.2. The van der Waals surface area contributed by atoms with Crippen molar-refractivity contribution in [2.45, 2.75) is 87.7 Å². The fourth-order valence-electron chi connectivity index (χ4n) is 8.91. The number of aromatic nitrogens is 5. The van der Waals surface area contributed by atoms with Crippen LogP contribution in [0.5, 0.6) is 5.75 Å². The van der Waals surface area contributed by atoms with Gasteiger partial charge in [0.2, 0.25) is 22.7 Å². The summed E-state index contributed by atoms with van der Waals surface area (Å²) in [6.07, 6.45) is -11.2. The van der Waals surface area contributed by atoms with Crippen molar-refractivity contribution in [3.05, 3.63) is 129 Å². The van der Waals surface area contributed by atoms with E-state index in [0.29, 0.717) is 10.7 Å². The van der Waals surface area contributed by atoms with Gasteiger partial charge in [-0.05, 0) is 92.1 Å². The lowest BCUT2D eigenvalue weighted by Gasteiger charge is -2.23. The van der Waals surface area contributed by atoms with E-state index in [-0.39, 0.29) is 54.1 Å². The summed E-state index contributed by atoms with van der Waals surface area (Å²) in [6.45, 7) is -1.83. The van der Waals surface area contributed by atoms with Crippen LogP contribution < -0.4 is 9.84 Å². The molecule has 3 heterocycles. The van der Waals surface area contributed by atoms with Crippen LogP contribution in [0.4, 0.5) is 43.9 Å². The summed E-state index contributed by atoms with van der Waals surface area (Å²) < 4.78 is 213. The molecule has 6 aromatic rings. The number of hydrogen-bond donors (Lipinski definition) is 4. The van der Waals surface area contributed by atoms with Gasteiger partial charge in [-0.2, -0.15) is 45.3 Å². The maximum atomic E-state index is 15.6. The van der Waals surface area contributed by atoms with Crippen molar-refractivity contribution in [3.63, 3.8) is 0 Å². The van der Waals surface area contributed by atoms with Gasteiger partial charge in [0.1, 0.15) is 46.6 Å². The molecule has 0 spiro atoms. The summed E-state index contributed by atoms with van der Waals surface area (Å²) in [5, 5.41) is 9.10. The molecule has 1 saturated carbocycles. The molecule has 1 fully saturated rings. The number of fused-ring (bicyclic) bond motifs is 4. The van der Waals surface area contributed by atoms with Crippen LogP contribution in [0.15, 0.2) is 66.7 Å². The highest BCUT2D eigenvalue weighted by Crippen LogP contribution is 2.68. The quantitative estimate of drug-likeness (QED) is 0.0313. The van der Waals surface area contributed by atoms with Crippen molar-refractivity contribution in [2.24, 2.45) is 5.92 Å². The van der Waals surface area contributed by atoms with Crippen LogP contribution in [0.1, 0.15) is 77.4 Å². The first-order valence-corrected chi connectivity index (χ1v) is 27.5. The Labute approximate surface area is 441 Å². The number of alkyl halides is 8. The zero-order chi connectivity index (χ0) is 57.4. The van der Waals surface area contributed by atoms with E-state index in [1.54, 1.807) is 0 Å². The summed E-state index contributed by atoms with van der Waals surface area (Å²) in [4.78, 5) is 50.5. The zero-order valence-corrected chi connectivity index (χ0v) is 43.5. The highest BCUT2D eigenvalue weighted by atomic mass is 35.5. The number of nitrogens with zero attached hydrogens (tertiary/aromatic N) is 6. The van der Waals surface area contributed by atoms with E-state index in [2.05, 4.69) is 36.9 Å². The molecule has 0 bridgehead atoms. The molecule has 2 amide bonds. The Balaban J connectivity index is 1.29. The predicted molar refractivity (Wildman–Crippen MR) is 256 cm³/mol. The standard InChI is InChI=1S/C47H39ClF10N7O10PS2/c1-44(2,78(3,73)74)13-12-27-6-9-29(40(59-27)34(16-24-14-25(49)18-26(50)15-24)60-36(66)21-63-43-38(42(62-63)47(56,57)58)31-19-32(31)46(43,54)55)30-10-11-33(48)39-35(61-64(41(30)39)22-45(51,52)53)20-65(77(71)72)37(67)17-23-4-7-28(8-5-23)75-76(68,69)70/h4-11,14-15,18,31-32,34,77H,16-17,19-22H2,1-3H3,(H,60,66)(H2,68,69,70)/t31-,32+,34?/m0/s1. The van der Waals surface area contributed by atoms with Gasteiger partial charge in [-0.15, -0.1) is 0 Å². The number of phosphoric acid groups is 1. The fourth-order valence-corrected chi connectivity index (χ4v) is 10.3. The molecular formula is C47H39ClF10N7O10PS2. The van der Waals surface area contributed by atoms with Gasteiger partial charge in [0.05, 0.1) is 40.9 Å². The number of sulfone groups is 1. The Morgan fingerprint density at radius 2 is 1.60 bits per heavy atom. The Bertz CT molecular complexity index is 3710. The second-order valence-electron chi connectivity index (χ2n) is 18.7. The third-order valence-corrected chi connectivity index (χ3v) is 16.2. The van der Waals surface area contributed by atoms with E-state index < -0.39 is 165 Å². The number of amides is 2. The third kappa shape index (κ3) is 12.3. The smallest absolute Gasteiger partial charge is 0.404 e. The second-order valence-corrected chi connectivity index (χ2v) is 23.8. The van der Waals surface area contributed by atoms with E-state index in [0.717, 1.165) is 48.7 Å². The minimum atomic E-state index is -5.24. The molecule has 78 heavy (non-hydrogen) atoms. The molecule has 416 valence electrons. The third-order valence-electron chi connectivity index (χ3n) is 12.7. The van der Waals surface area contributed by atoms with Crippen molar-refractivity contribution >= 4 is 62.9 Å². The summed E-state index contributed by atoms with van der Waals surface area (Å²) in [7, 11) is -12.8. The molecule has 8 rings (SSSR count). The SMILES string of the molecule is CC(C)(C#Cc1ccc(-c2ccc(Cl)c3c(CN(C(=O)Cc4ccc(OP(=O)(O)O)cc4)[SH](=O)=O)nn(CC(F)(F)F)c23)c(C(Cc2cc(F)cc(F)c2)NC(=O)Cn2nc(C(F)(F)F)c3c2C(F)(F)[C@@H]2C[C@H]32)n1)S(C)(=O)=O. The van der Waals surface area contributed by atoms with Gasteiger partial charge in [-0.1, -0.05) is 35.7 Å². The first kappa shape index (κ1) is 57.6. The molecule has 3 aromatic carbocycles. The Morgan fingerprint density at radius 3 is 2.19 bits per heavy atom. The van der Waals surface area contributed by atoms with Crippen LogP contribution in [0.2, 0.25) is 5.02 Å². The summed E-state index contributed by atoms with van der Waals surface area (Å²) in [5.74, 6) is -6.61. The molecule has 3 N–H and O–H groups in total. The van der Waals surface area contributed by atoms with Crippen molar-refractivity contribution < 1.29 is 89.2 Å². The molecule has 2 aliphatic carbocycles. The summed E-state index contributed by atoms with van der Waals surface area (Å²) >= 11 is 6.67. The van der Waals surface area contributed by atoms with Crippen molar-refractivity contribution in [1.29, 1.82) is 0 Å². The fraction of sp³-hybridized carbons (Fsp3) is 0.340. The van der Waals surface area contributed by atoms with Gasteiger partial charge in [-0.25, -0.2) is 39.5 Å². The first-order valence-electron chi connectivity index (χ1n) is 22.6. The molecule has 0 saturated heterocycles. The Hall–Kier alpha value is -6.57. The summed E-state index contributed by atoms with van der Waals surface area (Å²) in [6, 6.07) is 9.32. The molecule has 2 aliphatic rings. The van der Waals surface area contributed by atoms with Crippen molar-refractivity contribution in [1.82, 2.24) is 34.2 Å². The molecule has 3 aromatic heterocycles. The lowest BCUT2D eigenvalue weighted by atomic mass is 9.93. The van der Waals surface area contributed by atoms with Gasteiger partial charge in [0.15, 0.2) is 15.5 Å². The minimum Gasteiger partial charge on any atom is -0.404 e. The molecule has 17 nitrogen and oxygen atoms in total. The predicted octanol–water partition coefficient (Wildman–Crippen LogP) is 7.86. The van der Waals surface area contributed by atoms with Crippen LogP contribution in [-0.4, -0.2) is 84.5 Å². The van der Waals surface area contributed by atoms with Crippen LogP contribution >= 0.6 is 19.4 Å². The number of pyridine rings is 1. The molecule has 1 unspecified atom stereocenters. The topological polar surface area (TPSA) is 233 Å². The van der Waals surface area contributed by atoms with Gasteiger partial charge in [0.25, 0.3) is 5.92 Å². The van der Waals surface area contributed by atoms with E-state index in [1.807, 2.05) is 0 Å². The van der Waals surface area contributed by atoms with Crippen LogP contribution in [0.3, 0.4) is 0 Å². The first-order chi connectivity index (χ1) is 36.0. The molecule has 31 heteroatoms.